The van der Waals surface area contributed by atoms with E-state index in [4.69, 9.17) is 0 Å². The Bertz CT molecular complexity index is 7390. The van der Waals surface area contributed by atoms with Crippen molar-refractivity contribution in [2.75, 3.05) is 0 Å². The third-order valence-electron chi connectivity index (χ3n) is 24.9. The number of hydrogen-bond acceptors (Lipinski definition) is 5. The van der Waals surface area contributed by atoms with Crippen molar-refractivity contribution < 1.29 is 0 Å². The van der Waals surface area contributed by atoms with Gasteiger partial charge in [-0.15, -0.1) is 0 Å². The molecule has 20 aromatic rings. The third kappa shape index (κ3) is 32.0. The summed E-state index contributed by atoms with van der Waals surface area (Å²) >= 11 is 9.07. The van der Waals surface area contributed by atoms with Crippen molar-refractivity contribution in [3.8, 4) is 0 Å². The molecule has 20 aromatic carbocycles. The molecule has 149 heavy (non-hydrogen) atoms. The minimum Gasteiger partial charge on any atom is -0.0901 e. The summed E-state index contributed by atoms with van der Waals surface area (Å²) in [6.07, 6.45) is 0. The molecule has 0 amide bonds. The Morgan fingerprint density at radius 1 is 0.114 bits per heavy atom. The van der Waals surface area contributed by atoms with Gasteiger partial charge in [0.2, 0.25) is 0 Å². The van der Waals surface area contributed by atoms with Gasteiger partial charge in [-0.25, -0.2) is 0 Å². The Balaban J connectivity index is 0.000000133. The fourth-order valence-electron chi connectivity index (χ4n) is 16.4. The molecule has 0 fully saturated rings. The minimum atomic E-state index is -0.117. The molecule has 0 bridgehead atoms. The highest BCUT2D eigenvalue weighted by Gasteiger charge is 2.35. The summed E-state index contributed by atoms with van der Waals surface area (Å²) in [6.45, 7) is 35.3. The van der Waals surface area contributed by atoms with E-state index in [1.807, 2.05) is 47.0 Å². The third-order valence-corrected chi connectivity index (χ3v) is 41.1. The van der Waals surface area contributed by atoms with Crippen LogP contribution in [-0.2, 0) is 70.7 Å². The zero-order chi connectivity index (χ0) is 104. The van der Waals surface area contributed by atoms with Crippen molar-refractivity contribution in [1.82, 2.24) is 0 Å². The highest BCUT2D eigenvalue weighted by atomic mass is 32.2. The molecule has 3 atom stereocenters. The normalized spacial score (nSPS) is 11.9. The van der Waals surface area contributed by atoms with Crippen LogP contribution in [0.15, 0.2) is 638 Å². The van der Waals surface area contributed by atoms with Gasteiger partial charge in [0, 0.05) is 49.0 Å². The highest BCUT2D eigenvalue weighted by molar-refractivity contribution is 8.01. The van der Waals surface area contributed by atoms with Crippen LogP contribution in [-0.4, -0.2) is 0 Å². The molecule has 10 heteroatoms. The van der Waals surface area contributed by atoms with Crippen molar-refractivity contribution in [2.45, 2.75) is 249 Å². The summed E-state index contributed by atoms with van der Waals surface area (Å²) in [5, 5.41) is 0. The zero-order valence-corrected chi connectivity index (χ0v) is 96.3. The van der Waals surface area contributed by atoms with Gasteiger partial charge < -0.3 is 0 Å². The van der Waals surface area contributed by atoms with Crippen molar-refractivity contribution in [3.05, 3.63) is 571 Å². The highest BCUT2D eigenvalue weighted by Crippen LogP contribution is 2.44. The maximum Gasteiger partial charge on any atom is 0.166 e. The molecule has 0 N–H and O–H groups in total. The predicted octanol–water partition coefficient (Wildman–Crippen LogP) is 40.7. The van der Waals surface area contributed by atoms with Gasteiger partial charge in [0.25, 0.3) is 0 Å². The second-order valence-electron chi connectivity index (χ2n) is 40.0. The molecule has 0 heterocycles. The van der Waals surface area contributed by atoms with Crippen LogP contribution in [0.4, 0.5) is 0 Å². The molecule has 20 rings (SSSR count). The summed E-state index contributed by atoms with van der Waals surface area (Å²) in [6, 6.07) is 189. The van der Waals surface area contributed by atoms with Crippen molar-refractivity contribution in [2.24, 2.45) is 0 Å². The lowest BCUT2D eigenvalue weighted by atomic mass is 9.87. The quantitative estimate of drug-likeness (QED) is 0.0522. The van der Waals surface area contributed by atoms with Crippen LogP contribution in [0.3, 0.4) is 0 Å². The van der Waals surface area contributed by atoms with Gasteiger partial charge in [-0.2, -0.15) is 0 Å². The lowest BCUT2D eigenvalue weighted by Crippen LogP contribution is -2.11. The molecule has 744 valence electrons. The maximum atomic E-state index is 2.31. The van der Waals surface area contributed by atoms with Gasteiger partial charge in [0.15, 0.2) is 73.4 Å². The van der Waals surface area contributed by atoms with E-state index in [-0.39, 0.29) is 70.7 Å². The van der Waals surface area contributed by atoms with E-state index < -0.39 is 0 Å². The van der Waals surface area contributed by atoms with Crippen LogP contribution in [0, 0.1) is 48.5 Å². The monoisotopic (exact) mass is 2120 g/mol. The topological polar surface area (TPSA) is 0 Å². The van der Waals surface area contributed by atoms with Gasteiger partial charge in [0.1, 0.15) is 0 Å². The van der Waals surface area contributed by atoms with Crippen LogP contribution >= 0.6 is 58.8 Å². The predicted molar refractivity (Wildman–Crippen MR) is 650 cm³/mol. The molecule has 0 aromatic heterocycles. The van der Waals surface area contributed by atoms with Crippen LogP contribution in [0.1, 0.15) is 118 Å². The second kappa shape index (κ2) is 53.1. The van der Waals surface area contributed by atoms with Gasteiger partial charge in [-0.05, 0) is 385 Å². The van der Waals surface area contributed by atoms with Crippen molar-refractivity contribution in [3.63, 3.8) is 0 Å². The van der Waals surface area contributed by atoms with Gasteiger partial charge in [0.05, 0.1) is 54.5 Å². The number of aryl methyl sites for hydroxylation is 7. The summed E-state index contributed by atoms with van der Waals surface area (Å²) in [4.78, 5) is 33.0. The Hall–Kier alpha value is -12.1. The van der Waals surface area contributed by atoms with E-state index in [0.717, 1.165) is 0 Å². The second-order valence-corrected chi connectivity index (χ2v) is 55.8. The molecule has 0 aliphatic heterocycles. The molecule has 0 saturated heterocycles. The fourth-order valence-corrected chi connectivity index (χ4v) is 30.8. The maximum absolute atomic E-state index is 2.31. The standard InChI is InChI=1S/2C29H29S2.C28H27S2.C27H25S2.C26H23S2/c1-22-10-18-27(19-11-22)31(26-8-6-5-7-9-26)28-20-16-25(17-21-28)30-24-14-12-23(13-15-24)29(2,3)4;1-22-10-14-24(15-11-22)30-25-16-20-28(21-17-25)31(26-8-6-5-7-9-26)27-18-12-23(13-19-27)29(2,3)4;1-28(2,3)22-14-18-26(19-15-22)30(25-12-8-5-9-13-25)27-20-16-24(17-21-27)29-23-10-6-4-7-11-23;1-20-4-10-23(11-5-20)28-24-12-18-27(19-13-24)29(25-14-6-21(2)7-15-25)26-16-8-22(3)9-17-26;1-20-8-14-24(15-9-20)28(25-16-10-21(2)11-17-25)26-18-12-23(13-19-26)27-22-6-4-3-5-7-22/h2*5-21H,1-4H3;4-21H,1-3H3;4-19H,1-3H3;3-19H,1-2H3/q5*+1. The van der Waals surface area contributed by atoms with E-state index in [9.17, 15) is 0 Å². The molecule has 0 saturated carbocycles. The van der Waals surface area contributed by atoms with Crippen LogP contribution in [0.5, 0.6) is 0 Å². The average Bonchev–Trinajstić information content (AvgIpc) is 0.811. The first kappa shape index (κ1) is 110. The summed E-state index contributed by atoms with van der Waals surface area (Å²) in [7, 11) is -0.524. The molecule has 0 spiro atoms. The Morgan fingerprint density at radius 2 is 0.215 bits per heavy atom. The molecular formula is C139H133S10+5. The first-order valence-corrected chi connectivity index (χ1v) is 60.9. The van der Waals surface area contributed by atoms with E-state index in [1.165, 1.54) is 178 Å². The molecule has 0 radical (unpaired) electrons. The number of hydrogen-bond donors (Lipinski definition) is 0. The van der Waals surface area contributed by atoms with Gasteiger partial charge >= 0.3 is 0 Å². The van der Waals surface area contributed by atoms with E-state index in [1.54, 1.807) is 11.8 Å². The van der Waals surface area contributed by atoms with Gasteiger partial charge in [-0.3, -0.25) is 0 Å². The number of rotatable bonds is 25. The molecule has 0 nitrogen and oxygen atoms in total. The molecule has 0 aliphatic carbocycles. The van der Waals surface area contributed by atoms with Gasteiger partial charge in [-0.1, -0.05) is 372 Å². The average molecular weight is 2120 g/mol. The van der Waals surface area contributed by atoms with Crippen molar-refractivity contribution >= 4 is 113 Å². The largest absolute Gasteiger partial charge is 0.166 e. The first-order chi connectivity index (χ1) is 72.1. The summed E-state index contributed by atoms with van der Waals surface area (Å²) in [5.74, 6) is 0. The smallest absolute Gasteiger partial charge is 0.0901 e. The number of benzene rings is 20. The molecular weight excluding hydrogens is 1990 g/mol. The lowest BCUT2D eigenvalue weighted by molar-refractivity contribution is 0.589. The summed E-state index contributed by atoms with van der Waals surface area (Å²) < 4.78 is 0. The van der Waals surface area contributed by atoms with E-state index in [0.29, 0.717) is 0 Å². The first-order valence-electron chi connectivity index (χ1n) is 50.7. The summed E-state index contributed by atoms with van der Waals surface area (Å²) in [5.41, 5.74) is 13.7. The molecule has 0 aliphatic rings. The lowest BCUT2D eigenvalue weighted by Gasteiger charge is -2.19. The minimum absolute atomic E-state index is 0.0952. The van der Waals surface area contributed by atoms with Crippen LogP contribution in [0.25, 0.3) is 0 Å². The SMILES string of the molecule is CC(C)(C)c1ccc([S+](c2ccccc2)c2ccc(Sc3ccccc3)cc2)cc1.Cc1ccc(Sc2ccc([S+](c3ccc(C)cc3)c3ccc(C)cc3)cc2)cc1.Cc1ccc(Sc2ccc([S+](c3ccccc3)c3ccc(C(C)(C)C)cc3)cc2)cc1.Cc1ccc([S+](c2ccc(C)cc2)c2ccc(Sc3ccccc3)cc2)cc1.Cc1ccc([S+](c2ccccc2)c2ccc(Sc3ccc(C(C)(C)C)cc3)cc2)cc1. The van der Waals surface area contributed by atoms with E-state index in [2.05, 4.69) is 626 Å². The van der Waals surface area contributed by atoms with Crippen molar-refractivity contribution in [1.29, 1.82) is 0 Å². The Kier molecular flexibility index (Phi) is 39.0. The van der Waals surface area contributed by atoms with Crippen LogP contribution in [0.2, 0.25) is 0 Å². The fraction of sp³-hybridized carbons (Fsp3) is 0.137. The Labute approximate surface area is 925 Å². The van der Waals surface area contributed by atoms with Crippen LogP contribution < -0.4 is 0 Å². The molecule has 3 unspecified atom stereocenters. The zero-order valence-electron chi connectivity index (χ0n) is 88.2. The Morgan fingerprint density at radius 3 is 0.369 bits per heavy atom. The van der Waals surface area contributed by atoms with E-state index >= 15 is 0 Å².